The number of nitrogens with zero attached hydrogens (tertiary/aromatic N) is 3. The standard InChI is InChI=1S/C16H20N4O3S/c1-3-23-13(21)7-10-8-17-16(24-10)19-15(22)11-5-4-6-12-14(11)18-9-20(12)2/h8-9,11H,3-7H2,1-2H3,(H,17,19,22). The van der Waals surface area contributed by atoms with Crippen LogP contribution in [0, 0.1) is 0 Å². The maximum Gasteiger partial charge on any atom is 0.311 e. The predicted molar refractivity (Wildman–Crippen MR) is 90.0 cm³/mol. The van der Waals surface area contributed by atoms with Gasteiger partial charge in [-0.15, -0.1) is 11.3 Å². The minimum Gasteiger partial charge on any atom is -0.466 e. The molecule has 24 heavy (non-hydrogen) atoms. The number of thiazole rings is 1. The van der Waals surface area contributed by atoms with E-state index in [2.05, 4.69) is 15.3 Å². The van der Waals surface area contributed by atoms with Crippen LogP contribution in [0.3, 0.4) is 0 Å². The number of nitrogens with one attached hydrogen (secondary N) is 1. The van der Waals surface area contributed by atoms with Crippen LogP contribution in [-0.2, 0) is 34.2 Å². The van der Waals surface area contributed by atoms with Crippen molar-refractivity contribution in [2.45, 2.75) is 38.5 Å². The van der Waals surface area contributed by atoms with Crippen LogP contribution in [0.4, 0.5) is 5.13 Å². The van der Waals surface area contributed by atoms with Gasteiger partial charge in [0.15, 0.2) is 5.13 Å². The van der Waals surface area contributed by atoms with Gasteiger partial charge in [-0.25, -0.2) is 9.97 Å². The van der Waals surface area contributed by atoms with Gasteiger partial charge in [0.25, 0.3) is 0 Å². The molecule has 0 radical (unpaired) electrons. The van der Waals surface area contributed by atoms with Gasteiger partial charge in [0.2, 0.25) is 5.91 Å². The van der Waals surface area contributed by atoms with Crippen molar-refractivity contribution in [3.8, 4) is 0 Å². The summed E-state index contributed by atoms with van der Waals surface area (Å²) in [4.78, 5) is 33.4. The second-order valence-electron chi connectivity index (χ2n) is 5.73. The minimum atomic E-state index is -0.288. The molecule has 0 saturated heterocycles. The van der Waals surface area contributed by atoms with E-state index in [1.54, 1.807) is 19.4 Å². The molecule has 2 aromatic heterocycles. The fourth-order valence-electron chi connectivity index (χ4n) is 2.93. The third kappa shape index (κ3) is 3.48. The highest BCUT2D eigenvalue weighted by molar-refractivity contribution is 7.15. The Hall–Kier alpha value is -2.22. The lowest BCUT2D eigenvalue weighted by Gasteiger charge is -2.20. The van der Waals surface area contributed by atoms with E-state index in [9.17, 15) is 9.59 Å². The van der Waals surface area contributed by atoms with Crippen molar-refractivity contribution in [1.82, 2.24) is 14.5 Å². The fraction of sp³-hybridized carbons (Fsp3) is 0.500. The zero-order valence-electron chi connectivity index (χ0n) is 13.7. The number of esters is 1. The number of carbonyl (C=O) groups excluding carboxylic acids is 2. The Morgan fingerprint density at radius 3 is 3.08 bits per heavy atom. The summed E-state index contributed by atoms with van der Waals surface area (Å²) < 4.78 is 6.90. The summed E-state index contributed by atoms with van der Waals surface area (Å²) in [6.07, 6.45) is 6.25. The smallest absolute Gasteiger partial charge is 0.311 e. The highest BCUT2D eigenvalue weighted by atomic mass is 32.1. The van der Waals surface area contributed by atoms with Crippen LogP contribution in [-0.4, -0.2) is 33.0 Å². The number of hydrogen-bond donors (Lipinski definition) is 1. The number of hydrogen-bond acceptors (Lipinski definition) is 6. The summed E-state index contributed by atoms with van der Waals surface area (Å²) in [5, 5.41) is 3.36. The first-order chi connectivity index (χ1) is 11.6. The molecule has 0 bridgehead atoms. The van der Waals surface area contributed by atoms with Crippen molar-refractivity contribution in [1.29, 1.82) is 0 Å². The number of imidazole rings is 1. The molecule has 7 nitrogen and oxygen atoms in total. The molecule has 0 aromatic carbocycles. The number of aryl methyl sites for hydroxylation is 1. The van der Waals surface area contributed by atoms with E-state index in [0.29, 0.717) is 11.7 Å². The van der Waals surface area contributed by atoms with Crippen LogP contribution in [0.2, 0.25) is 0 Å². The highest BCUT2D eigenvalue weighted by Gasteiger charge is 2.30. The quantitative estimate of drug-likeness (QED) is 0.836. The summed E-state index contributed by atoms with van der Waals surface area (Å²) in [6.45, 7) is 2.13. The lowest BCUT2D eigenvalue weighted by atomic mass is 9.89. The maximum atomic E-state index is 12.6. The second-order valence-corrected chi connectivity index (χ2v) is 6.85. The third-order valence-corrected chi connectivity index (χ3v) is 4.96. The summed E-state index contributed by atoms with van der Waals surface area (Å²) in [5.74, 6) is -0.622. The molecule has 1 amide bonds. The number of anilines is 1. The van der Waals surface area contributed by atoms with Crippen molar-refractivity contribution in [2.24, 2.45) is 7.05 Å². The first-order valence-corrected chi connectivity index (χ1v) is 8.81. The molecule has 3 rings (SSSR count). The van der Waals surface area contributed by atoms with Gasteiger partial charge in [0.05, 0.1) is 31.0 Å². The van der Waals surface area contributed by atoms with Crippen molar-refractivity contribution in [3.63, 3.8) is 0 Å². The molecule has 1 unspecified atom stereocenters. The van der Waals surface area contributed by atoms with Crippen molar-refractivity contribution in [2.75, 3.05) is 11.9 Å². The Morgan fingerprint density at radius 2 is 2.29 bits per heavy atom. The van der Waals surface area contributed by atoms with Crippen molar-refractivity contribution >= 4 is 28.3 Å². The molecule has 0 spiro atoms. The highest BCUT2D eigenvalue weighted by Crippen LogP contribution is 2.31. The normalized spacial score (nSPS) is 16.5. The van der Waals surface area contributed by atoms with E-state index in [4.69, 9.17) is 4.74 Å². The number of rotatable bonds is 5. The fourth-order valence-corrected chi connectivity index (χ4v) is 3.73. The number of fused-ring (bicyclic) bond motifs is 1. The SMILES string of the molecule is CCOC(=O)Cc1cnc(NC(=O)C2CCCc3c2ncn3C)s1. The Kier molecular flexibility index (Phi) is 4.94. The summed E-state index contributed by atoms with van der Waals surface area (Å²) in [5.41, 5.74) is 1.99. The van der Waals surface area contributed by atoms with Crippen molar-refractivity contribution in [3.05, 3.63) is 28.8 Å². The topological polar surface area (TPSA) is 86.1 Å². The zero-order valence-corrected chi connectivity index (χ0v) is 14.6. The Labute approximate surface area is 144 Å². The first-order valence-electron chi connectivity index (χ1n) is 7.99. The Balaban J connectivity index is 1.66. The van der Waals surface area contributed by atoms with Crippen LogP contribution in [0.1, 0.15) is 41.9 Å². The van der Waals surface area contributed by atoms with E-state index in [0.717, 1.165) is 35.5 Å². The van der Waals surface area contributed by atoms with E-state index in [1.165, 1.54) is 11.3 Å². The lowest BCUT2D eigenvalue weighted by Crippen LogP contribution is -2.25. The molecule has 1 aliphatic carbocycles. The molecule has 0 fully saturated rings. The third-order valence-electron chi connectivity index (χ3n) is 4.05. The predicted octanol–water partition coefficient (Wildman–Crippen LogP) is 2.04. The molecule has 0 saturated carbocycles. The molecular weight excluding hydrogens is 328 g/mol. The first kappa shape index (κ1) is 16.6. The summed E-state index contributed by atoms with van der Waals surface area (Å²) >= 11 is 1.30. The number of carbonyl (C=O) groups is 2. The Morgan fingerprint density at radius 1 is 1.46 bits per heavy atom. The lowest BCUT2D eigenvalue weighted by molar-refractivity contribution is -0.142. The molecule has 2 heterocycles. The average molecular weight is 348 g/mol. The van der Waals surface area contributed by atoms with Crippen LogP contribution >= 0.6 is 11.3 Å². The molecule has 1 N–H and O–H groups in total. The summed E-state index contributed by atoms with van der Waals surface area (Å²) in [7, 11) is 1.95. The minimum absolute atomic E-state index is 0.0910. The number of amides is 1. The summed E-state index contributed by atoms with van der Waals surface area (Å²) in [6, 6.07) is 0. The van der Waals surface area contributed by atoms with Gasteiger partial charge in [0, 0.05) is 23.8 Å². The van der Waals surface area contributed by atoms with E-state index < -0.39 is 0 Å². The largest absolute Gasteiger partial charge is 0.466 e. The van der Waals surface area contributed by atoms with Gasteiger partial charge in [-0.2, -0.15) is 0 Å². The molecule has 1 aliphatic rings. The molecule has 8 heteroatoms. The molecule has 1 atom stereocenters. The van der Waals surface area contributed by atoms with Gasteiger partial charge >= 0.3 is 5.97 Å². The molecule has 128 valence electrons. The molecular formula is C16H20N4O3S. The number of aromatic nitrogens is 3. The van der Waals surface area contributed by atoms with E-state index in [-0.39, 0.29) is 24.2 Å². The van der Waals surface area contributed by atoms with Crippen LogP contribution in [0.5, 0.6) is 0 Å². The van der Waals surface area contributed by atoms with Crippen LogP contribution in [0.25, 0.3) is 0 Å². The monoisotopic (exact) mass is 348 g/mol. The molecule has 2 aromatic rings. The van der Waals surface area contributed by atoms with Crippen LogP contribution in [0.15, 0.2) is 12.5 Å². The van der Waals surface area contributed by atoms with Gasteiger partial charge in [-0.1, -0.05) is 0 Å². The van der Waals surface area contributed by atoms with Crippen molar-refractivity contribution < 1.29 is 14.3 Å². The van der Waals surface area contributed by atoms with E-state index in [1.807, 2.05) is 11.6 Å². The maximum absolute atomic E-state index is 12.6. The van der Waals surface area contributed by atoms with E-state index >= 15 is 0 Å². The molecule has 0 aliphatic heterocycles. The van der Waals surface area contributed by atoms with Gasteiger partial charge in [0.1, 0.15) is 0 Å². The second kappa shape index (κ2) is 7.12. The van der Waals surface area contributed by atoms with Gasteiger partial charge < -0.3 is 14.6 Å². The van der Waals surface area contributed by atoms with Crippen LogP contribution < -0.4 is 5.32 Å². The van der Waals surface area contributed by atoms with Gasteiger partial charge in [-0.3, -0.25) is 9.59 Å². The van der Waals surface area contributed by atoms with Gasteiger partial charge in [-0.05, 0) is 26.2 Å². The zero-order chi connectivity index (χ0) is 17.1. The average Bonchev–Trinajstić information content (AvgIpc) is 3.14. The number of ether oxygens (including phenoxy) is 1. The Bertz CT molecular complexity index is 752.